The second-order valence-corrected chi connectivity index (χ2v) is 24.8. The molecule has 0 rings (SSSR count). The third kappa shape index (κ3) is 23.7. The summed E-state index contributed by atoms with van der Waals surface area (Å²) in [6, 6.07) is 3.15. The van der Waals surface area contributed by atoms with Crippen LogP contribution in [0.15, 0.2) is 0 Å². The summed E-state index contributed by atoms with van der Waals surface area (Å²) in [4.78, 5) is 28.3. The van der Waals surface area contributed by atoms with E-state index in [-0.39, 0.29) is 41.2 Å². The SMILES string of the molecule is CC(C)N(CCC(=O)SCCOCCOP(N(C(C)C)C(C)C)N(C(C)C)C(C)CNCC(C)(C)C(=O)SCCOCOP(N(C(C)C)C(C)C)N(C(C)C)C(C)C)C(C)C. The molecule has 0 bridgehead atoms. The summed E-state index contributed by atoms with van der Waals surface area (Å²) in [5.41, 5.74) is -0.548. The van der Waals surface area contributed by atoms with Gasteiger partial charge in [0, 0.05) is 103 Å². The largest absolute Gasteiger partial charge is 0.378 e. The lowest BCUT2D eigenvalue weighted by Crippen LogP contribution is -2.48. The number of hydrogen-bond acceptors (Lipinski definition) is 14. The Balaban J connectivity index is 5.23. The van der Waals surface area contributed by atoms with Crippen molar-refractivity contribution in [3.8, 4) is 0 Å². The second-order valence-electron chi connectivity index (χ2n) is 19.2. The lowest BCUT2D eigenvalue weighted by atomic mass is 9.95. The maximum atomic E-state index is 13.5. The van der Waals surface area contributed by atoms with Crippen molar-refractivity contribution < 1.29 is 28.1 Å². The van der Waals surface area contributed by atoms with E-state index in [1.807, 2.05) is 13.8 Å². The van der Waals surface area contributed by atoms with Crippen LogP contribution in [-0.2, 0) is 28.1 Å². The molecular weight excluding hydrogens is 847 g/mol. The Bertz CT molecular complexity index is 1120. The lowest BCUT2D eigenvalue weighted by molar-refractivity contribution is -0.118. The zero-order valence-electron chi connectivity index (χ0n) is 42.9. The maximum Gasteiger partial charge on any atom is 0.195 e. The molecule has 0 radical (unpaired) electrons. The van der Waals surface area contributed by atoms with Gasteiger partial charge in [0.05, 0.1) is 26.4 Å². The molecule has 0 aliphatic carbocycles. The minimum atomic E-state index is -1.11. The summed E-state index contributed by atoms with van der Waals surface area (Å²) in [6.45, 7) is 50.4. The Hall–Kier alpha value is 0.500. The van der Waals surface area contributed by atoms with Gasteiger partial charge in [0.1, 0.15) is 0 Å². The summed E-state index contributed by atoms with van der Waals surface area (Å²) in [6.07, 6.45) is 0.555. The zero-order chi connectivity index (χ0) is 47.2. The highest BCUT2D eigenvalue weighted by molar-refractivity contribution is 8.13. The van der Waals surface area contributed by atoms with Gasteiger partial charge in [-0.25, -0.2) is 18.7 Å². The first kappa shape index (κ1) is 61.5. The monoisotopic (exact) mass is 943 g/mol. The topological polar surface area (TPSA) is 99.3 Å². The molecule has 0 fully saturated rings. The molecular formula is C45H96N6O6P2S2. The van der Waals surface area contributed by atoms with Gasteiger partial charge in [-0.15, -0.1) is 0 Å². The lowest BCUT2D eigenvalue weighted by Gasteiger charge is -2.46. The van der Waals surface area contributed by atoms with E-state index in [1.165, 1.54) is 23.5 Å². The number of nitrogens with one attached hydrogen (secondary N) is 1. The predicted octanol–water partition coefficient (Wildman–Crippen LogP) is 10.6. The van der Waals surface area contributed by atoms with E-state index >= 15 is 0 Å². The van der Waals surface area contributed by atoms with Gasteiger partial charge in [0.2, 0.25) is 0 Å². The number of nitrogens with zero attached hydrogens (tertiary/aromatic N) is 5. The number of ether oxygens (including phenoxy) is 2. The Labute approximate surface area is 388 Å². The number of thioether (sulfide) groups is 2. The number of carbonyl (C=O) groups is 2. The third-order valence-electron chi connectivity index (χ3n) is 10.0. The standard InChI is InChI=1S/C45H96N6O6P2S2/c1-33(2)47(34(3)4)23-22-43(52)60-28-26-54-24-25-56-59(50(39(13)14)40(15)16)51(41(17)18)42(19)30-46-31-45(20,21)44(53)61-29-27-55-32-57-58(48(35(5)6)36(7)8)49(37(9)10)38(11)12/h33-42,46H,22-32H2,1-21H3. The summed E-state index contributed by atoms with van der Waals surface area (Å²) in [5.74, 6) is 1.23. The van der Waals surface area contributed by atoms with Crippen LogP contribution < -0.4 is 5.32 Å². The van der Waals surface area contributed by atoms with E-state index in [4.69, 9.17) is 18.5 Å². The second kappa shape index (κ2) is 32.2. The maximum absolute atomic E-state index is 13.5. The van der Waals surface area contributed by atoms with Crippen LogP contribution in [0.25, 0.3) is 0 Å². The summed E-state index contributed by atoms with van der Waals surface area (Å²) >= 11 is 2.71. The van der Waals surface area contributed by atoms with E-state index in [0.717, 1.165) is 13.1 Å². The molecule has 0 saturated heterocycles. The highest BCUT2D eigenvalue weighted by Crippen LogP contribution is 2.51. The van der Waals surface area contributed by atoms with E-state index < -0.39 is 22.3 Å². The Morgan fingerprint density at radius 3 is 1.41 bits per heavy atom. The van der Waals surface area contributed by atoms with Gasteiger partial charge in [-0.2, -0.15) is 0 Å². The molecule has 0 spiro atoms. The number of rotatable bonds is 35. The van der Waals surface area contributed by atoms with Crippen molar-refractivity contribution in [2.24, 2.45) is 5.41 Å². The average molecular weight is 943 g/mol. The van der Waals surface area contributed by atoms with Gasteiger partial charge < -0.3 is 23.8 Å². The van der Waals surface area contributed by atoms with Crippen molar-refractivity contribution >= 4 is 50.7 Å². The Kier molecular flexibility index (Phi) is 32.5. The predicted molar refractivity (Wildman–Crippen MR) is 268 cm³/mol. The first-order valence-corrected chi connectivity index (χ1v) is 27.5. The number of carbonyl (C=O) groups excluding carboxylic acids is 2. The van der Waals surface area contributed by atoms with Gasteiger partial charge >= 0.3 is 0 Å². The molecule has 0 amide bonds. The normalized spacial score (nSPS) is 14.4. The number of hydrogen-bond donors (Lipinski definition) is 1. The molecule has 0 aromatic carbocycles. The molecule has 12 nitrogen and oxygen atoms in total. The van der Waals surface area contributed by atoms with Gasteiger partial charge in [-0.3, -0.25) is 14.5 Å². The minimum Gasteiger partial charge on any atom is -0.378 e. The van der Waals surface area contributed by atoms with Crippen molar-refractivity contribution in [1.82, 2.24) is 28.9 Å². The highest BCUT2D eigenvalue weighted by Gasteiger charge is 2.37. The van der Waals surface area contributed by atoms with Crippen LogP contribution in [0.3, 0.4) is 0 Å². The van der Waals surface area contributed by atoms with Crippen molar-refractivity contribution in [2.75, 3.05) is 64.4 Å². The average Bonchev–Trinajstić information content (AvgIpc) is 3.10. The smallest absolute Gasteiger partial charge is 0.195 e. The van der Waals surface area contributed by atoms with Crippen LogP contribution in [0.4, 0.5) is 0 Å². The van der Waals surface area contributed by atoms with Crippen molar-refractivity contribution in [3.63, 3.8) is 0 Å². The van der Waals surface area contributed by atoms with Crippen LogP contribution in [0, 0.1) is 5.41 Å². The zero-order valence-corrected chi connectivity index (χ0v) is 46.4. The van der Waals surface area contributed by atoms with Crippen molar-refractivity contribution in [2.45, 2.75) is 212 Å². The van der Waals surface area contributed by atoms with Crippen LogP contribution >= 0.6 is 40.4 Å². The van der Waals surface area contributed by atoms with Gasteiger partial charge in [-0.1, -0.05) is 37.4 Å². The molecule has 2 atom stereocenters. The van der Waals surface area contributed by atoms with Crippen LogP contribution in [0.1, 0.15) is 152 Å². The van der Waals surface area contributed by atoms with Crippen molar-refractivity contribution in [1.29, 1.82) is 0 Å². The highest BCUT2D eigenvalue weighted by atomic mass is 32.2. The van der Waals surface area contributed by atoms with E-state index in [1.54, 1.807) is 0 Å². The van der Waals surface area contributed by atoms with Gasteiger partial charge in [-0.05, 0) is 132 Å². The Morgan fingerprint density at radius 1 is 0.541 bits per heavy atom. The minimum absolute atomic E-state index is 0.152. The van der Waals surface area contributed by atoms with Crippen molar-refractivity contribution in [3.05, 3.63) is 0 Å². The molecule has 0 aromatic rings. The third-order valence-corrected chi connectivity index (χ3v) is 18.1. The quantitative estimate of drug-likeness (QED) is 0.0371. The molecule has 0 aliphatic rings. The summed E-state index contributed by atoms with van der Waals surface area (Å²) in [7, 11) is -2.13. The molecule has 61 heavy (non-hydrogen) atoms. The fourth-order valence-electron chi connectivity index (χ4n) is 7.55. The first-order chi connectivity index (χ1) is 28.3. The summed E-state index contributed by atoms with van der Waals surface area (Å²) < 4.78 is 35.1. The fraction of sp³-hybridized carbons (Fsp3) is 0.956. The molecule has 364 valence electrons. The van der Waals surface area contributed by atoms with E-state index in [0.29, 0.717) is 87.1 Å². The van der Waals surface area contributed by atoms with Crippen LogP contribution in [0.2, 0.25) is 0 Å². The fourth-order valence-corrected chi connectivity index (χ4v) is 13.7. The van der Waals surface area contributed by atoms with E-state index in [2.05, 4.69) is 160 Å². The van der Waals surface area contributed by atoms with E-state index in [9.17, 15) is 9.59 Å². The Morgan fingerprint density at radius 2 is 0.967 bits per heavy atom. The molecule has 0 saturated carbocycles. The van der Waals surface area contributed by atoms with Gasteiger partial charge in [0.25, 0.3) is 0 Å². The van der Waals surface area contributed by atoms with Crippen LogP contribution in [0.5, 0.6) is 0 Å². The first-order valence-electron chi connectivity index (χ1n) is 23.2. The molecule has 2 unspecified atom stereocenters. The summed E-state index contributed by atoms with van der Waals surface area (Å²) in [5, 5.41) is 4.02. The molecule has 16 heteroatoms. The van der Waals surface area contributed by atoms with Crippen LogP contribution in [-0.4, -0.2) is 159 Å². The molecule has 1 N–H and O–H groups in total. The molecule has 0 heterocycles. The molecule has 0 aliphatic heterocycles. The molecule has 0 aromatic heterocycles. The van der Waals surface area contributed by atoms with Gasteiger partial charge in [0.15, 0.2) is 33.9 Å².